The van der Waals surface area contributed by atoms with Gasteiger partial charge in [0.2, 0.25) is 0 Å². The first-order chi connectivity index (χ1) is 9.72. The fourth-order valence-corrected chi connectivity index (χ4v) is 1.71. The Balaban J connectivity index is 1.97. The average Bonchev–Trinajstić information content (AvgIpc) is 2.99. The standard InChI is InChI=1S/C14H16N2O4/c1-18-12-5-10(6-13(7-12)19-2)14(17)15-4-3-11-8-20-9-16-11/h5-9H,3-4H2,1-2H3,(H,15,17). The quantitative estimate of drug-likeness (QED) is 0.868. The van der Waals surface area contributed by atoms with Crippen molar-refractivity contribution in [2.24, 2.45) is 0 Å². The lowest BCUT2D eigenvalue weighted by Crippen LogP contribution is -2.25. The van der Waals surface area contributed by atoms with Crippen molar-refractivity contribution < 1.29 is 18.7 Å². The van der Waals surface area contributed by atoms with Crippen molar-refractivity contribution >= 4 is 5.91 Å². The minimum Gasteiger partial charge on any atom is -0.497 e. The highest BCUT2D eigenvalue weighted by molar-refractivity contribution is 5.95. The van der Waals surface area contributed by atoms with Gasteiger partial charge in [-0.3, -0.25) is 4.79 Å². The molecule has 0 aliphatic heterocycles. The topological polar surface area (TPSA) is 73.6 Å². The largest absolute Gasteiger partial charge is 0.497 e. The molecule has 0 spiro atoms. The molecule has 0 aliphatic carbocycles. The predicted molar refractivity (Wildman–Crippen MR) is 72.1 cm³/mol. The minimum absolute atomic E-state index is 0.189. The van der Waals surface area contributed by atoms with E-state index < -0.39 is 0 Å². The summed E-state index contributed by atoms with van der Waals surface area (Å²) in [7, 11) is 3.09. The molecule has 1 N–H and O–H groups in total. The van der Waals surface area contributed by atoms with Gasteiger partial charge in [0.15, 0.2) is 6.39 Å². The molecule has 1 amide bonds. The summed E-state index contributed by atoms with van der Waals surface area (Å²) in [5.41, 5.74) is 1.29. The van der Waals surface area contributed by atoms with Crippen LogP contribution in [0.2, 0.25) is 0 Å². The van der Waals surface area contributed by atoms with Crippen LogP contribution >= 0.6 is 0 Å². The van der Waals surface area contributed by atoms with E-state index in [1.165, 1.54) is 6.39 Å². The van der Waals surface area contributed by atoms with E-state index >= 15 is 0 Å². The van der Waals surface area contributed by atoms with Gasteiger partial charge in [-0.15, -0.1) is 0 Å². The molecule has 0 fully saturated rings. The van der Waals surface area contributed by atoms with Gasteiger partial charge in [-0.25, -0.2) is 4.98 Å². The molecule has 1 heterocycles. The van der Waals surface area contributed by atoms with Crippen molar-refractivity contribution in [2.75, 3.05) is 20.8 Å². The molecular formula is C14H16N2O4. The molecule has 6 nitrogen and oxygen atoms in total. The molecule has 0 saturated carbocycles. The van der Waals surface area contributed by atoms with Gasteiger partial charge in [0, 0.05) is 24.6 Å². The van der Waals surface area contributed by atoms with Gasteiger partial charge in [0.1, 0.15) is 17.8 Å². The molecule has 0 atom stereocenters. The molecule has 0 radical (unpaired) electrons. The second-order valence-corrected chi connectivity index (χ2v) is 4.09. The first-order valence-electron chi connectivity index (χ1n) is 6.11. The van der Waals surface area contributed by atoms with E-state index in [2.05, 4.69) is 10.3 Å². The summed E-state index contributed by atoms with van der Waals surface area (Å²) in [6, 6.07) is 5.04. The lowest BCUT2D eigenvalue weighted by atomic mass is 10.2. The van der Waals surface area contributed by atoms with Gasteiger partial charge in [0.05, 0.1) is 19.9 Å². The number of amides is 1. The van der Waals surface area contributed by atoms with Crippen LogP contribution < -0.4 is 14.8 Å². The third kappa shape index (κ3) is 3.50. The molecule has 20 heavy (non-hydrogen) atoms. The number of rotatable bonds is 6. The van der Waals surface area contributed by atoms with Crippen LogP contribution in [-0.2, 0) is 6.42 Å². The summed E-state index contributed by atoms with van der Waals surface area (Å²) < 4.78 is 15.1. The SMILES string of the molecule is COc1cc(OC)cc(C(=O)NCCc2cocn2)c1. The van der Waals surface area contributed by atoms with Crippen LogP contribution in [0.1, 0.15) is 16.1 Å². The van der Waals surface area contributed by atoms with E-state index in [1.807, 2.05) is 0 Å². The number of hydrogen-bond acceptors (Lipinski definition) is 5. The smallest absolute Gasteiger partial charge is 0.251 e. The monoisotopic (exact) mass is 276 g/mol. The lowest BCUT2D eigenvalue weighted by Gasteiger charge is -2.08. The number of hydrogen-bond donors (Lipinski definition) is 1. The number of nitrogens with zero attached hydrogens (tertiary/aromatic N) is 1. The number of methoxy groups -OCH3 is 2. The maximum absolute atomic E-state index is 12.0. The first kappa shape index (κ1) is 13.9. The van der Waals surface area contributed by atoms with Gasteiger partial charge in [0.25, 0.3) is 5.91 Å². The molecule has 1 aromatic heterocycles. The minimum atomic E-state index is -0.189. The van der Waals surface area contributed by atoms with Gasteiger partial charge in [-0.1, -0.05) is 0 Å². The van der Waals surface area contributed by atoms with Crippen LogP contribution in [0.4, 0.5) is 0 Å². The third-order valence-electron chi connectivity index (χ3n) is 2.76. The zero-order valence-electron chi connectivity index (χ0n) is 11.4. The van der Waals surface area contributed by atoms with Crippen LogP contribution in [0.25, 0.3) is 0 Å². The molecule has 2 rings (SSSR count). The number of nitrogens with one attached hydrogen (secondary N) is 1. The van der Waals surface area contributed by atoms with Crippen molar-refractivity contribution in [2.45, 2.75) is 6.42 Å². The van der Waals surface area contributed by atoms with Crippen LogP contribution in [0.3, 0.4) is 0 Å². The number of oxazole rings is 1. The van der Waals surface area contributed by atoms with Gasteiger partial charge in [-0.05, 0) is 12.1 Å². The number of benzene rings is 1. The summed E-state index contributed by atoms with van der Waals surface area (Å²) in [5.74, 6) is 0.961. The molecule has 0 bridgehead atoms. The zero-order valence-corrected chi connectivity index (χ0v) is 11.4. The predicted octanol–water partition coefficient (Wildman–Crippen LogP) is 1.66. The van der Waals surface area contributed by atoms with Crippen molar-refractivity contribution in [1.29, 1.82) is 0 Å². The number of aromatic nitrogens is 1. The molecule has 0 unspecified atom stereocenters. The van der Waals surface area contributed by atoms with Crippen LogP contribution in [0.5, 0.6) is 11.5 Å². The fourth-order valence-electron chi connectivity index (χ4n) is 1.71. The highest BCUT2D eigenvalue weighted by Crippen LogP contribution is 2.22. The summed E-state index contributed by atoms with van der Waals surface area (Å²) in [5, 5.41) is 2.81. The Morgan fingerprint density at radius 2 is 1.95 bits per heavy atom. The van der Waals surface area contributed by atoms with E-state index in [0.29, 0.717) is 30.0 Å². The number of carbonyl (C=O) groups is 1. The lowest BCUT2D eigenvalue weighted by molar-refractivity contribution is 0.0953. The highest BCUT2D eigenvalue weighted by atomic mass is 16.5. The Morgan fingerprint density at radius 1 is 1.25 bits per heavy atom. The molecule has 6 heteroatoms. The molecule has 0 aliphatic rings. The Morgan fingerprint density at radius 3 is 2.50 bits per heavy atom. The normalized spacial score (nSPS) is 10.1. The number of ether oxygens (including phenoxy) is 2. The van der Waals surface area contributed by atoms with Crippen molar-refractivity contribution in [3.8, 4) is 11.5 Å². The zero-order chi connectivity index (χ0) is 14.4. The van der Waals surface area contributed by atoms with Crippen LogP contribution in [0.15, 0.2) is 35.3 Å². The Labute approximate surface area is 116 Å². The molecule has 1 aromatic carbocycles. The van der Waals surface area contributed by atoms with E-state index in [0.717, 1.165) is 5.69 Å². The average molecular weight is 276 g/mol. The van der Waals surface area contributed by atoms with E-state index in [1.54, 1.807) is 38.7 Å². The Bertz CT molecular complexity index is 544. The summed E-state index contributed by atoms with van der Waals surface area (Å²) in [4.78, 5) is 16.0. The maximum Gasteiger partial charge on any atom is 0.251 e. The van der Waals surface area contributed by atoms with E-state index in [9.17, 15) is 4.79 Å². The molecule has 2 aromatic rings. The third-order valence-corrected chi connectivity index (χ3v) is 2.76. The summed E-state index contributed by atoms with van der Waals surface area (Å²) in [6.45, 7) is 0.477. The highest BCUT2D eigenvalue weighted by Gasteiger charge is 2.09. The first-order valence-corrected chi connectivity index (χ1v) is 6.11. The van der Waals surface area contributed by atoms with Crippen molar-refractivity contribution in [3.63, 3.8) is 0 Å². The fraction of sp³-hybridized carbons (Fsp3) is 0.286. The van der Waals surface area contributed by atoms with E-state index in [-0.39, 0.29) is 5.91 Å². The van der Waals surface area contributed by atoms with Gasteiger partial charge >= 0.3 is 0 Å². The second-order valence-electron chi connectivity index (χ2n) is 4.09. The second kappa shape index (κ2) is 6.60. The number of carbonyl (C=O) groups excluding carboxylic acids is 1. The molecule has 106 valence electrons. The van der Waals surface area contributed by atoms with Gasteiger partial charge < -0.3 is 19.2 Å². The molecular weight excluding hydrogens is 260 g/mol. The van der Waals surface area contributed by atoms with Crippen molar-refractivity contribution in [3.05, 3.63) is 42.1 Å². The summed E-state index contributed by atoms with van der Waals surface area (Å²) in [6.07, 6.45) is 3.54. The van der Waals surface area contributed by atoms with Gasteiger partial charge in [-0.2, -0.15) is 0 Å². The Hall–Kier alpha value is -2.50. The molecule has 0 saturated heterocycles. The Kier molecular flexibility index (Phi) is 4.60. The van der Waals surface area contributed by atoms with Crippen LogP contribution in [-0.4, -0.2) is 31.7 Å². The van der Waals surface area contributed by atoms with E-state index in [4.69, 9.17) is 13.9 Å². The summed E-state index contributed by atoms with van der Waals surface area (Å²) >= 11 is 0. The van der Waals surface area contributed by atoms with Crippen LogP contribution in [0, 0.1) is 0 Å². The van der Waals surface area contributed by atoms with Crippen molar-refractivity contribution in [1.82, 2.24) is 10.3 Å². The maximum atomic E-state index is 12.0.